The molecular formula is C12H22N2OS. The van der Waals surface area contributed by atoms with E-state index in [9.17, 15) is 5.11 Å². The first-order chi connectivity index (χ1) is 7.44. The molecule has 1 atom stereocenters. The second-order valence-electron chi connectivity index (χ2n) is 5.45. The fourth-order valence-electron chi connectivity index (χ4n) is 1.58. The maximum atomic E-state index is 10.1. The largest absolute Gasteiger partial charge is 0.387 e. The summed E-state index contributed by atoms with van der Waals surface area (Å²) in [6.07, 6.45) is 3.38. The van der Waals surface area contributed by atoms with Gasteiger partial charge in [-0.1, -0.05) is 38.6 Å². The summed E-state index contributed by atoms with van der Waals surface area (Å²) in [5.74, 6) is 0. The third-order valence-electron chi connectivity index (χ3n) is 2.54. The minimum Gasteiger partial charge on any atom is -0.387 e. The Morgan fingerprint density at radius 2 is 2.06 bits per heavy atom. The van der Waals surface area contributed by atoms with Crippen molar-refractivity contribution in [1.82, 2.24) is 9.59 Å². The lowest BCUT2D eigenvalue weighted by atomic mass is 9.89. The van der Waals surface area contributed by atoms with Crippen molar-refractivity contribution in [2.45, 2.75) is 59.5 Å². The molecule has 1 unspecified atom stereocenters. The first-order valence-corrected chi connectivity index (χ1v) is 6.70. The fraction of sp³-hybridized carbons (Fsp3) is 0.833. The first kappa shape index (κ1) is 13.6. The van der Waals surface area contributed by atoms with Crippen LogP contribution in [0.15, 0.2) is 0 Å². The number of nitrogens with zero attached hydrogens (tertiary/aromatic N) is 2. The van der Waals surface area contributed by atoms with Gasteiger partial charge >= 0.3 is 0 Å². The van der Waals surface area contributed by atoms with Crippen LogP contribution in [0.3, 0.4) is 0 Å². The lowest BCUT2D eigenvalue weighted by Crippen LogP contribution is -2.08. The molecule has 4 heteroatoms. The number of aryl methyl sites for hydroxylation is 1. The summed E-state index contributed by atoms with van der Waals surface area (Å²) in [5.41, 5.74) is 1.25. The Morgan fingerprint density at radius 1 is 1.38 bits per heavy atom. The number of aliphatic hydroxyl groups is 1. The van der Waals surface area contributed by atoms with Crippen LogP contribution in [0.1, 0.15) is 63.6 Å². The highest BCUT2D eigenvalue weighted by molar-refractivity contribution is 7.05. The van der Waals surface area contributed by atoms with Gasteiger partial charge in [-0.25, -0.2) is 0 Å². The quantitative estimate of drug-likeness (QED) is 0.861. The molecule has 0 aliphatic rings. The van der Waals surface area contributed by atoms with Gasteiger partial charge in [0.2, 0.25) is 0 Å². The van der Waals surface area contributed by atoms with E-state index in [1.807, 2.05) is 0 Å². The van der Waals surface area contributed by atoms with Crippen LogP contribution >= 0.6 is 11.5 Å². The van der Waals surface area contributed by atoms with Crippen LogP contribution in [-0.4, -0.2) is 14.7 Å². The van der Waals surface area contributed by atoms with Crippen molar-refractivity contribution in [3.8, 4) is 0 Å². The van der Waals surface area contributed by atoms with Gasteiger partial charge < -0.3 is 5.11 Å². The Hall–Kier alpha value is -0.480. The Kier molecular flexibility index (Phi) is 4.87. The summed E-state index contributed by atoms with van der Waals surface area (Å²) >= 11 is 1.34. The summed E-state index contributed by atoms with van der Waals surface area (Å²) in [7, 11) is 0. The zero-order chi connectivity index (χ0) is 12.2. The molecule has 1 rings (SSSR count). The highest BCUT2D eigenvalue weighted by Crippen LogP contribution is 2.30. The van der Waals surface area contributed by atoms with Crippen LogP contribution in [0.5, 0.6) is 0 Å². The van der Waals surface area contributed by atoms with Crippen LogP contribution in [0.25, 0.3) is 0 Å². The van der Waals surface area contributed by atoms with Gasteiger partial charge in [0.15, 0.2) is 0 Å². The molecule has 1 aromatic rings. The van der Waals surface area contributed by atoms with E-state index < -0.39 is 0 Å². The van der Waals surface area contributed by atoms with Crippen molar-refractivity contribution in [2.75, 3.05) is 0 Å². The standard InChI is InChI=1S/C12H22N2OS/c1-5-6-9-11(16-14-13-9)10(15)7-8-12(2,3)4/h10,15H,5-8H2,1-4H3. The van der Waals surface area contributed by atoms with Crippen LogP contribution in [0.2, 0.25) is 0 Å². The normalized spacial score (nSPS) is 14.1. The second kappa shape index (κ2) is 5.73. The molecule has 92 valence electrons. The average molecular weight is 242 g/mol. The monoisotopic (exact) mass is 242 g/mol. The van der Waals surface area contributed by atoms with E-state index in [0.29, 0.717) is 0 Å². The van der Waals surface area contributed by atoms with Crippen LogP contribution in [0, 0.1) is 5.41 Å². The molecule has 0 radical (unpaired) electrons. The van der Waals surface area contributed by atoms with Crippen molar-refractivity contribution in [3.05, 3.63) is 10.6 Å². The van der Waals surface area contributed by atoms with E-state index in [2.05, 4.69) is 37.3 Å². The number of aromatic nitrogens is 2. The van der Waals surface area contributed by atoms with Crippen molar-refractivity contribution < 1.29 is 5.11 Å². The maximum Gasteiger partial charge on any atom is 0.0917 e. The van der Waals surface area contributed by atoms with Gasteiger partial charge in [-0.3, -0.25) is 0 Å². The van der Waals surface area contributed by atoms with Gasteiger partial charge in [0.25, 0.3) is 0 Å². The van der Waals surface area contributed by atoms with Gasteiger partial charge in [0, 0.05) is 0 Å². The summed E-state index contributed by atoms with van der Waals surface area (Å²) in [5, 5.41) is 14.2. The molecule has 0 aliphatic carbocycles. The van der Waals surface area contributed by atoms with Gasteiger partial charge in [0.05, 0.1) is 16.7 Å². The Morgan fingerprint density at radius 3 is 2.62 bits per heavy atom. The highest BCUT2D eigenvalue weighted by Gasteiger charge is 2.19. The molecule has 3 nitrogen and oxygen atoms in total. The predicted molar refractivity (Wildman–Crippen MR) is 67.6 cm³/mol. The van der Waals surface area contributed by atoms with Crippen molar-refractivity contribution in [2.24, 2.45) is 5.41 Å². The molecule has 0 fully saturated rings. The molecule has 16 heavy (non-hydrogen) atoms. The summed E-state index contributed by atoms with van der Waals surface area (Å²) in [6, 6.07) is 0. The molecule has 0 aromatic carbocycles. The van der Waals surface area contributed by atoms with Crippen molar-refractivity contribution in [3.63, 3.8) is 0 Å². The van der Waals surface area contributed by atoms with Gasteiger partial charge in [-0.15, -0.1) is 5.10 Å². The summed E-state index contributed by atoms with van der Waals surface area (Å²) < 4.78 is 3.94. The van der Waals surface area contributed by atoms with Crippen LogP contribution in [0.4, 0.5) is 0 Å². The summed E-state index contributed by atoms with van der Waals surface area (Å²) in [4.78, 5) is 0.964. The first-order valence-electron chi connectivity index (χ1n) is 5.93. The summed E-state index contributed by atoms with van der Waals surface area (Å²) in [6.45, 7) is 8.69. The molecule has 0 saturated heterocycles. The minimum atomic E-state index is -0.388. The molecule has 1 N–H and O–H groups in total. The number of hydrogen-bond donors (Lipinski definition) is 1. The Balaban J connectivity index is 2.58. The molecule has 0 aliphatic heterocycles. The molecule has 0 bridgehead atoms. The van der Waals surface area contributed by atoms with Crippen molar-refractivity contribution >= 4 is 11.5 Å². The van der Waals surface area contributed by atoms with E-state index in [4.69, 9.17) is 0 Å². The average Bonchev–Trinajstić information content (AvgIpc) is 2.62. The zero-order valence-corrected chi connectivity index (χ0v) is 11.5. The topological polar surface area (TPSA) is 46.0 Å². The van der Waals surface area contributed by atoms with Crippen LogP contribution < -0.4 is 0 Å². The van der Waals surface area contributed by atoms with Gasteiger partial charge in [-0.05, 0) is 36.2 Å². The number of hydrogen-bond acceptors (Lipinski definition) is 4. The molecule has 0 saturated carbocycles. The smallest absolute Gasteiger partial charge is 0.0917 e. The van der Waals surface area contributed by atoms with Crippen molar-refractivity contribution in [1.29, 1.82) is 0 Å². The third-order valence-corrected chi connectivity index (χ3v) is 3.41. The maximum absolute atomic E-state index is 10.1. The third kappa shape index (κ3) is 4.18. The lowest BCUT2D eigenvalue weighted by Gasteiger charge is -2.19. The fourth-order valence-corrected chi connectivity index (χ4v) is 2.29. The van der Waals surface area contributed by atoms with Gasteiger partial charge in [-0.2, -0.15) is 0 Å². The predicted octanol–water partition coefficient (Wildman–Crippen LogP) is 3.35. The Bertz CT molecular complexity index is 317. The van der Waals surface area contributed by atoms with E-state index in [1.165, 1.54) is 11.5 Å². The molecule has 1 heterocycles. The molecule has 0 amide bonds. The highest BCUT2D eigenvalue weighted by atomic mass is 32.1. The van der Waals surface area contributed by atoms with E-state index >= 15 is 0 Å². The van der Waals surface area contributed by atoms with E-state index in [0.717, 1.165) is 36.3 Å². The van der Waals surface area contributed by atoms with E-state index in [1.54, 1.807) is 0 Å². The Labute approximate surface area is 102 Å². The lowest BCUT2D eigenvalue weighted by molar-refractivity contribution is 0.150. The second-order valence-corrected chi connectivity index (χ2v) is 6.23. The van der Waals surface area contributed by atoms with E-state index in [-0.39, 0.29) is 11.5 Å². The van der Waals surface area contributed by atoms with Gasteiger partial charge in [0.1, 0.15) is 0 Å². The number of rotatable bonds is 5. The molecule has 0 spiro atoms. The SMILES string of the molecule is CCCc1nnsc1C(O)CCC(C)(C)C. The van der Waals surface area contributed by atoms with Crippen LogP contribution in [-0.2, 0) is 6.42 Å². The zero-order valence-electron chi connectivity index (χ0n) is 10.7. The number of aliphatic hydroxyl groups excluding tert-OH is 1. The molecular weight excluding hydrogens is 220 g/mol. The minimum absolute atomic E-state index is 0.268. The molecule has 1 aromatic heterocycles.